The van der Waals surface area contributed by atoms with Gasteiger partial charge >= 0.3 is 24.0 Å². The normalized spacial score (nSPS) is 14.6. The van der Waals surface area contributed by atoms with Gasteiger partial charge in [-0.15, -0.1) is 0 Å². The van der Waals surface area contributed by atoms with Gasteiger partial charge in [0, 0.05) is 46.5 Å². The minimum Gasteiger partial charge on any atom is -0.497 e. The Bertz CT molecular complexity index is 1850. The molecule has 0 spiro atoms. The Hall–Kier alpha value is -4.60. The number of carbonyl (C=O) groups is 4. The van der Waals surface area contributed by atoms with E-state index in [0.717, 1.165) is 44.7 Å². The average Bonchev–Trinajstić information content (AvgIpc) is 3.77. The molecule has 2 heterocycles. The number of hydrogen-bond acceptors (Lipinski definition) is 7. The van der Waals surface area contributed by atoms with Crippen molar-refractivity contribution in [3.05, 3.63) is 117 Å². The maximum absolute atomic E-state index is 12.8. The second kappa shape index (κ2) is 19.3. The van der Waals surface area contributed by atoms with Gasteiger partial charge in [-0.1, -0.05) is 72.1 Å². The number of carbonyl (C=O) groups excluding carboxylic acids is 3. The van der Waals surface area contributed by atoms with E-state index in [9.17, 15) is 24.3 Å². The zero-order chi connectivity index (χ0) is 37.8. The lowest BCUT2D eigenvalue weighted by Crippen LogP contribution is -2.38. The molecular weight excluding hydrogens is 868 g/mol. The molecule has 2 saturated heterocycles. The van der Waals surface area contributed by atoms with Crippen LogP contribution < -0.4 is 24.6 Å². The molecule has 0 radical (unpaired) electrons. The first-order chi connectivity index (χ1) is 25.0. The van der Waals surface area contributed by atoms with E-state index in [2.05, 4.69) is 57.8 Å². The molecule has 274 valence electrons. The SMILES string of the molecule is COC(=O)C(Br)c1cccc(OC)c1.COc1cccc(C(C(=O)O)N2CCN(c3ccc(Br)cc3)C2=O)c1.O=C1NCCN1c1ccc(Br)cc1. The van der Waals surface area contributed by atoms with Gasteiger partial charge in [-0.05, 0) is 83.9 Å². The maximum atomic E-state index is 12.8. The standard InChI is InChI=1S/C18H17BrN2O4.C10H11BrO3.C9H9BrN2O/c1-25-15-4-2-3-12(11-15)16(17(22)23)21-10-9-20(18(21)24)14-7-5-13(19)6-8-14;1-13-8-5-3-4-7(6-8)9(11)10(12)14-2;10-7-1-3-8(4-2-7)12-6-5-11-9(12)13/h2-8,11,16H,9-10H2,1H3,(H,22,23);3-6,9H,1-2H3;1-4H,5-6H2,(H,11,13). The highest BCUT2D eigenvalue weighted by Crippen LogP contribution is 2.31. The van der Waals surface area contributed by atoms with Gasteiger partial charge in [-0.3, -0.25) is 14.6 Å². The molecule has 2 fully saturated rings. The van der Waals surface area contributed by atoms with Gasteiger partial charge in [0.05, 0.1) is 21.3 Å². The Balaban J connectivity index is 0.000000190. The van der Waals surface area contributed by atoms with E-state index in [0.29, 0.717) is 24.4 Å². The lowest BCUT2D eigenvalue weighted by molar-refractivity contribution is -0.142. The molecule has 0 bridgehead atoms. The summed E-state index contributed by atoms with van der Waals surface area (Å²) in [6.45, 7) is 2.26. The summed E-state index contributed by atoms with van der Waals surface area (Å²) in [5.41, 5.74) is 3.01. The van der Waals surface area contributed by atoms with Crippen molar-refractivity contribution >= 4 is 83.2 Å². The summed E-state index contributed by atoms with van der Waals surface area (Å²) in [4.78, 5) is 51.4. The molecule has 2 atom stereocenters. The number of aliphatic carboxylic acids is 1. The summed E-state index contributed by atoms with van der Waals surface area (Å²) in [6.07, 6.45) is 0. The minimum absolute atomic E-state index is 0.0117. The Morgan fingerprint density at radius 2 is 1.25 bits per heavy atom. The fourth-order valence-electron chi connectivity index (χ4n) is 5.30. The van der Waals surface area contributed by atoms with Crippen LogP contribution in [-0.4, -0.2) is 81.5 Å². The molecule has 0 saturated carbocycles. The predicted molar refractivity (Wildman–Crippen MR) is 209 cm³/mol. The fourth-order valence-corrected chi connectivity index (χ4v) is 6.30. The molecular formula is C37H37Br3N4O8. The third-order valence-electron chi connectivity index (χ3n) is 7.92. The monoisotopic (exact) mass is 902 g/mol. The molecule has 2 aliphatic rings. The van der Waals surface area contributed by atoms with E-state index in [1.807, 2.05) is 66.7 Å². The topological polar surface area (TPSA) is 138 Å². The number of halogens is 3. The van der Waals surface area contributed by atoms with Crippen molar-refractivity contribution in [2.24, 2.45) is 0 Å². The van der Waals surface area contributed by atoms with Crippen LogP contribution in [0.25, 0.3) is 0 Å². The molecule has 2 unspecified atom stereocenters. The minimum atomic E-state index is -1.07. The summed E-state index contributed by atoms with van der Waals surface area (Å²) in [5, 5.41) is 12.5. The van der Waals surface area contributed by atoms with Crippen molar-refractivity contribution < 1.29 is 38.5 Å². The second-order valence-corrected chi connectivity index (χ2v) is 13.9. The Morgan fingerprint density at radius 1 is 0.731 bits per heavy atom. The number of amides is 4. The van der Waals surface area contributed by atoms with Gasteiger partial charge < -0.3 is 29.5 Å². The molecule has 2 aliphatic heterocycles. The van der Waals surface area contributed by atoms with Gasteiger partial charge in [0.25, 0.3) is 0 Å². The number of benzene rings is 4. The number of hydrogen-bond donors (Lipinski definition) is 2. The van der Waals surface area contributed by atoms with E-state index in [1.165, 1.54) is 19.1 Å². The van der Waals surface area contributed by atoms with E-state index in [1.54, 1.807) is 47.2 Å². The molecule has 0 aliphatic carbocycles. The predicted octanol–water partition coefficient (Wildman–Crippen LogP) is 7.81. The van der Waals surface area contributed by atoms with Crippen LogP contribution >= 0.6 is 47.8 Å². The molecule has 0 aromatic heterocycles. The van der Waals surface area contributed by atoms with Crippen molar-refractivity contribution in [3.63, 3.8) is 0 Å². The van der Waals surface area contributed by atoms with Crippen LogP contribution in [0.1, 0.15) is 22.0 Å². The number of alkyl halides is 1. The molecule has 52 heavy (non-hydrogen) atoms. The zero-order valence-electron chi connectivity index (χ0n) is 28.5. The van der Waals surface area contributed by atoms with Gasteiger partial charge in [0.2, 0.25) is 0 Å². The summed E-state index contributed by atoms with van der Waals surface area (Å²) in [5.74, 6) is -0.117. The van der Waals surface area contributed by atoms with Crippen LogP contribution in [0.2, 0.25) is 0 Å². The molecule has 4 aromatic rings. The Kier molecular flexibility index (Phi) is 14.9. The van der Waals surface area contributed by atoms with Crippen LogP contribution in [0.5, 0.6) is 11.5 Å². The van der Waals surface area contributed by atoms with Crippen molar-refractivity contribution in [3.8, 4) is 11.5 Å². The van der Waals surface area contributed by atoms with E-state index < -0.39 is 16.8 Å². The van der Waals surface area contributed by atoms with Crippen LogP contribution in [0.3, 0.4) is 0 Å². The number of nitrogens with zero attached hydrogens (tertiary/aromatic N) is 3. The molecule has 2 N–H and O–H groups in total. The van der Waals surface area contributed by atoms with E-state index in [-0.39, 0.29) is 18.0 Å². The highest BCUT2D eigenvalue weighted by Gasteiger charge is 2.39. The lowest BCUT2D eigenvalue weighted by atomic mass is 10.1. The first-order valence-corrected chi connectivity index (χ1v) is 18.3. The summed E-state index contributed by atoms with van der Waals surface area (Å²) < 4.78 is 16.8. The maximum Gasteiger partial charge on any atom is 0.331 e. The van der Waals surface area contributed by atoms with Crippen LogP contribution in [-0.2, 0) is 14.3 Å². The quantitative estimate of drug-likeness (QED) is 0.128. The van der Waals surface area contributed by atoms with Crippen LogP contribution in [0, 0.1) is 0 Å². The highest BCUT2D eigenvalue weighted by atomic mass is 79.9. The fraction of sp³-hybridized carbons (Fsp3) is 0.243. The summed E-state index contributed by atoms with van der Waals surface area (Å²) in [7, 11) is 4.46. The zero-order valence-corrected chi connectivity index (χ0v) is 33.3. The lowest BCUT2D eigenvalue weighted by Gasteiger charge is -2.25. The molecule has 4 aromatic carbocycles. The smallest absolute Gasteiger partial charge is 0.331 e. The van der Waals surface area contributed by atoms with E-state index in [4.69, 9.17) is 9.47 Å². The van der Waals surface area contributed by atoms with Gasteiger partial charge in [-0.25, -0.2) is 14.4 Å². The van der Waals surface area contributed by atoms with Gasteiger partial charge in [0.1, 0.15) is 16.3 Å². The number of urea groups is 2. The first kappa shape index (κ1) is 40.2. The third-order valence-corrected chi connectivity index (χ3v) is 9.88. The van der Waals surface area contributed by atoms with Gasteiger partial charge in [0.15, 0.2) is 6.04 Å². The molecule has 4 amide bonds. The van der Waals surface area contributed by atoms with Crippen molar-refractivity contribution in [2.45, 2.75) is 10.9 Å². The average molecular weight is 905 g/mol. The number of nitrogens with one attached hydrogen (secondary N) is 1. The summed E-state index contributed by atoms with van der Waals surface area (Å²) >= 11 is 9.96. The van der Waals surface area contributed by atoms with Crippen LogP contribution in [0.15, 0.2) is 106 Å². The number of carboxylic acid groups (broad SMARTS) is 1. The number of esters is 1. The van der Waals surface area contributed by atoms with Crippen molar-refractivity contribution in [2.75, 3.05) is 57.3 Å². The number of ether oxygens (including phenoxy) is 3. The molecule has 12 nitrogen and oxygen atoms in total. The Morgan fingerprint density at radius 3 is 1.73 bits per heavy atom. The number of carboxylic acids is 1. The molecule has 6 rings (SSSR count). The largest absolute Gasteiger partial charge is 0.497 e. The van der Waals surface area contributed by atoms with E-state index >= 15 is 0 Å². The first-order valence-electron chi connectivity index (χ1n) is 15.8. The number of anilines is 2. The van der Waals surface area contributed by atoms with Gasteiger partial charge in [-0.2, -0.15) is 0 Å². The second-order valence-electron chi connectivity index (χ2n) is 11.1. The molecule has 15 heteroatoms. The van der Waals surface area contributed by atoms with Crippen molar-refractivity contribution in [1.82, 2.24) is 10.2 Å². The summed E-state index contributed by atoms with van der Waals surface area (Å²) in [6, 6.07) is 27.7. The highest BCUT2D eigenvalue weighted by molar-refractivity contribution is 9.10. The van der Waals surface area contributed by atoms with Crippen molar-refractivity contribution in [1.29, 1.82) is 0 Å². The van der Waals surface area contributed by atoms with Crippen LogP contribution in [0.4, 0.5) is 21.0 Å². The third kappa shape index (κ3) is 10.5. The Labute approximate surface area is 327 Å². The number of methoxy groups -OCH3 is 3. The number of rotatable bonds is 9.